The molecule has 1 fully saturated rings. The summed E-state index contributed by atoms with van der Waals surface area (Å²) in [5, 5.41) is 1.22. The van der Waals surface area contributed by atoms with Crippen molar-refractivity contribution >= 4 is 21.9 Å². The average Bonchev–Trinajstić information content (AvgIpc) is 2.99. The van der Waals surface area contributed by atoms with E-state index >= 15 is 0 Å². The number of nitrogens with zero attached hydrogens (tertiary/aromatic N) is 3. The highest BCUT2D eigenvalue weighted by atomic mass is 15.1. The fraction of sp³-hybridized carbons (Fsp3) is 0.444. The molecule has 1 atom stereocenters. The second-order valence-electron chi connectivity index (χ2n) is 6.30. The third kappa shape index (κ3) is 2.11. The first kappa shape index (κ1) is 12.8. The van der Waals surface area contributed by atoms with Crippen molar-refractivity contribution in [3.05, 3.63) is 36.8 Å². The molecule has 0 aliphatic heterocycles. The number of fused-ring (bicyclic) bond motifs is 3. The molecule has 3 nitrogen and oxygen atoms in total. The van der Waals surface area contributed by atoms with Gasteiger partial charge in [0.15, 0.2) is 0 Å². The van der Waals surface area contributed by atoms with E-state index < -0.39 is 0 Å². The van der Waals surface area contributed by atoms with E-state index in [0.717, 1.165) is 17.0 Å². The van der Waals surface area contributed by atoms with Gasteiger partial charge in [0.25, 0.3) is 0 Å². The molecule has 1 saturated carbocycles. The zero-order valence-corrected chi connectivity index (χ0v) is 12.5. The van der Waals surface area contributed by atoms with Gasteiger partial charge in [0, 0.05) is 11.4 Å². The minimum absolute atomic E-state index is 0.515. The van der Waals surface area contributed by atoms with Gasteiger partial charge in [-0.3, -0.25) is 4.98 Å². The summed E-state index contributed by atoms with van der Waals surface area (Å²) in [6.07, 6.45) is 10.8. The van der Waals surface area contributed by atoms with Crippen molar-refractivity contribution in [2.45, 2.75) is 45.1 Å². The van der Waals surface area contributed by atoms with Crippen LogP contribution in [0.25, 0.3) is 21.9 Å². The third-order valence-electron chi connectivity index (χ3n) is 5.08. The van der Waals surface area contributed by atoms with Gasteiger partial charge in [-0.15, -0.1) is 0 Å². The predicted octanol–water partition coefficient (Wildman–Crippen LogP) is 4.73. The molecule has 0 unspecified atom stereocenters. The highest BCUT2D eigenvalue weighted by Gasteiger charge is 2.23. The van der Waals surface area contributed by atoms with E-state index in [1.54, 1.807) is 0 Å². The van der Waals surface area contributed by atoms with Crippen molar-refractivity contribution in [1.29, 1.82) is 0 Å². The van der Waals surface area contributed by atoms with Crippen molar-refractivity contribution in [1.82, 2.24) is 14.5 Å². The van der Waals surface area contributed by atoms with E-state index in [-0.39, 0.29) is 0 Å². The van der Waals surface area contributed by atoms with Crippen molar-refractivity contribution in [3.63, 3.8) is 0 Å². The lowest BCUT2D eigenvalue weighted by Gasteiger charge is -2.29. The van der Waals surface area contributed by atoms with Crippen LogP contribution in [0.15, 0.2) is 36.8 Å². The summed E-state index contributed by atoms with van der Waals surface area (Å²) in [5.41, 5.74) is 3.32. The Balaban J connectivity index is 1.86. The number of benzene rings is 1. The number of hydrogen-bond donors (Lipinski definition) is 0. The van der Waals surface area contributed by atoms with Crippen LogP contribution in [0.2, 0.25) is 0 Å². The van der Waals surface area contributed by atoms with Gasteiger partial charge in [-0.25, -0.2) is 4.98 Å². The quantitative estimate of drug-likeness (QED) is 0.679. The molecule has 0 radical (unpaired) electrons. The SMILES string of the molecule is C[C@H](C1CCCCC1)n1cnc2cnc3ccccc3c21. The molecule has 108 valence electrons. The number of aromatic nitrogens is 3. The van der Waals surface area contributed by atoms with Gasteiger partial charge in [0.05, 0.1) is 23.6 Å². The van der Waals surface area contributed by atoms with Crippen LogP contribution in [-0.4, -0.2) is 14.5 Å². The minimum atomic E-state index is 0.515. The fourth-order valence-electron chi connectivity index (χ4n) is 3.82. The molecule has 0 spiro atoms. The van der Waals surface area contributed by atoms with Crippen LogP contribution in [0.5, 0.6) is 0 Å². The van der Waals surface area contributed by atoms with Gasteiger partial charge in [-0.2, -0.15) is 0 Å². The minimum Gasteiger partial charge on any atom is -0.327 e. The molecule has 0 amide bonds. The molecule has 0 saturated heterocycles. The highest BCUT2D eigenvalue weighted by Crippen LogP contribution is 2.35. The molecule has 2 aromatic heterocycles. The van der Waals surface area contributed by atoms with Crippen molar-refractivity contribution < 1.29 is 0 Å². The van der Waals surface area contributed by atoms with Crippen LogP contribution >= 0.6 is 0 Å². The summed E-state index contributed by atoms with van der Waals surface area (Å²) in [6.45, 7) is 2.35. The summed E-state index contributed by atoms with van der Waals surface area (Å²) in [6, 6.07) is 8.90. The monoisotopic (exact) mass is 279 g/mol. The maximum Gasteiger partial charge on any atom is 0.107 e. The molecule has 4 rings (SSSR count). The summed E-state index contributed by atoms with van der Waals surface area (Å²) < 4.78 is 2.38. The van der Waals surface area contributed by atoms with Crippen LogP contribution in [0.1, 0.15) is 45.1 Å². The summed E-state index contributed by atoms with van der Waals surface area (Å²) in [5.74, 6) is 0.781. The molecular weight excluding hydrogens is 258 g/mol. The molecule has 1 aliphatic carbocycles. The molecule has 1 aromatic carbocycles. The average molecular weight is 279 g/mol. The maximum absolute atomic E-state index is 4.59. The smallest absolute Gasteiger partial charge is 0.107 e. The molecule has 21 heavy (non-hydrogen) atoms. The molecule has 0 N–H and O–H groups in total. The molecule has 3 heteroatoms. The van der Waals surface area contributed by atoms with Gasteiger partial charge >= 0.3 is 0 Å². The van der Waals surface area contributed by atoms with E-state index in [2.05, 4.69) is 39.7 Å². The van der Waals surface area contributed by atoms with Crippen LogP contribution < -0.4 is 0 Å². The Bertz CT molecular complexity index is 768. The number of pyridine rings is 1. The van der Waals surface area contributed by atoms with Crippen molar-refractivity contribution in [2.75, 3.05) is 0 Å². The number of imidazole rings is 1. The molecule has 0 bridgehead atoms. The van der Waals surface area contributed by atoms with E-state index in [0.29, 0.717) is 6.04 Å². The van der Waals surface area contributed by atoms with E-state index in [1.807, 2.05) is 18.6 Å². The van der Waals surface area contributed by atoms with E-state index in [9.17, 15) is 0 Å². The van der Waals surface area contributed by atoms with Crippen LogP contribution in [-0.2, 0) is 0 Å². The van der Waals surface area contributed by atoms with Gasteiger partial charge in [0.1, 0.15) is 5.52 Å². The van der Waals surface area contributed by atoms with Gasteiger partial charge in [0.2, 0.25) is 0 Å². The van der Waals surface area contributed by atoms with E-state index in [1.165, 1.54) is 43.0 Å². The maximum atomic E-state index is 4.59. The van der Waals surface area contributed by atoms with Gasteiger partial charge in [-0.05, 0) is 31.7 Å². The lowest BCUT2D eigenvalue weighted by molar-refractivity contribution is 0.268. The Morgan fingerprint density at radius 1 is 1.05 bits per heavy atom. The predicted molar refractivity (Wildman–Crippen MR) is 86.3 cm³/mol. The Labute approximate surface area is 125 Å². The Hall–Kier alpha value is -1.90. The first-order valence-corrected chi connectivity index (χ1v) is 8.05. The van der Waals surface area contributed by atoms with Crippen LogP contribution in [0, 0.1) is 5.92 Å². The molecule has 3 aromatic rings. The molecular formula is C18H21N3. The van der Waals surface area contributed by atoms with Crippen LogP contribution in [0.4, 0.5) is 0 Å². The Kier molecular flexibility index (Phi) is 3.13. The molecule has 1 aliphatic rings. The first-order chi connectivity index (χ1) is 10.3. The fourth-order valence-corrected chi connectivity index (χ4v) is 3.82. The number of para-hydroxylation sites is 1. The van der Waals surface area contributed by atoms with E-state index in [4.69, 9.17) is 0 Å². The highest BCUT2D eigenvalue weighted by molar-refractivity contribution is 6.01. The normalized spacial score (nSPS) is 18.3. The Morgan fingerprint density at radius 2 is 1.86 bits per heavy atom. The second-order valence-corrected chi connectivity index (χ2v) is 6.30. The lowest BCUT2D eigenvalue weighted by atomic mass is 9.84. The second kappa shape index (κ2) is 5.14. The molecule has 2 heterocycles. The topological polar surface area (TPSA) is 30.7 Å². The Morgan fingerprint density at radius 3 is 2.71 bits per heavy atom. The third-order valence-corrected chi connectivity index (χ3v) is 5.08. The largest absolute Gasteiger partial charge is 0.327 e. The van der Waals surface area contributed by atoms with Gasteiger partial charge in [-0.1, -0.05) is 37.5 Å². The lowest BCUT2D eigenvalue weighted by Crippen LogP contribution is -2.18. The number of rotatable bonds is 2. The number of hydrogen-bond acceptors (Lipinski definition) is 2. The standard InChI is InChI=1S/C18H21N3/c1-13(14-7-3-2-4-8-14)21-12-20-17-11-19-16-10-6-5-9-15(16)18(17)21/h5-6,9-14H,2-4,7-8H2,1H3/t13-/m1/s1. The summed E-state index contributed by atoms with van der Waals surface area (Å²) >= 11 is 0. The van der Waals surface area contributed by atoms with Crippen LogP contribution in [0.3, 0.4) is 0 Å². The summed E-state index contributed by atoms with van der Waals surface area (Å²) in [7, 11) is 0. The zero-order chi connectivity index (χ0) is 14.2. The van der Waals surface area contributed by atoms with Gasteiger partial charge < -0.3 is 4.57 Å². The van der Waals surface area contributed by atoms with Crippen molar-refractivity contribution in [2.24, 2.45) is 5.92 Å². The first-order valence-electron chi connectivity index (χ1n) is 8.05. The summed E-state index contributed by atoms with van der Waals surface area (Å²) in [4.78, 5) is 9.10. The zero-order valence-electron chi connectivity index (χ0n) is 12.5. The van der Waals surface area contributed by atoms with Crippen molar-refractivity contribution in [3.8, 4) is 0 Å².